The Kier molecular flexibility index (Phi) is 5.85. The molecule has 2 aromatic rings. The molecule has 0 saturated heterocycles. The second-order valence-electron chi connectivity index (χ2n) is 5.01. The molecule has 0 aliphatic carbocycles. The summed E-state index contributed by atoms with van der Waals surface area (Å²) in [6, 6.07) is 11.9. The summed E-state index contributed by atoms with van der Waals surface area (Å²) in [5.41, 5.74) is 2.69. The number of para-hydroxylation sites is 1. The van der Waals surface area contributed by atoms with E-state index in [-0.39, 0.29) is 10.9 Å². The third-order valence-corrected chi connectivity index (χ3v) is 4.81. The van der Waals surface area contributed by atoms with E-state index < -0.39 is 5.82 Å². The van der Waals surface area contributed by atoms with Crippen molar-refractivity contribution in [2.24, 2.45) is 0 Å². The fourth-order valence-electron chi connectivity index (χ4n) is 2.04. The van der Waals surface area contributed by atoms with Gasteiger partial charge in [0, 0.05) is 16.8 Å². The molecule has 0 aliphatic rings. The Morgan fingerprint density at radius 3 is 2.52 bits per heavy atom. The molecule has 2 rings (SSSR count). The van der Waals surface area contributed by atoms with Crippen LogP contribution in [0, 0.1) is 5.82 Å². The third-order valence-electron chi connectivity index (χ3n) is 3.58. The molecule has 0 bridgehead atoms. The standard InChI is InChI=1S/C18H17ClFNOS/c1-11(12(2)23-3)18(22)21-17-7-5-4-6-14(17)13-8-9-15(19)16(20)10-13/h4-10H,1-3H3,(H,21,22)/b12-11+. The van der Waals surface area contributed by atoms with E-state index in [4.69, 9.17) is 11.6 Å². The quantitative estimate of drug-likeness (QED) is 0.713. The molecule has 1 amide bonds. The Hall–Kier alpha value is -1.78. The van der Waals surface area contributed by atoms with Crippen molar-refractivity contribution in [2.45, 2.75) is 13.8 Å². The van der Waals surface area contributed by atoms with Gasteiger partial charge in [-0.25, -0.2) is 4.39 Å². The highest BCUT2D eigenvalue weighted by Gasteiger charge is 2.12. The maximum absolute atomic E-state index is 13.7. The van der Waals surface area contributed by atoms with Gasteiger partial charge in [-0.1, -0.05) is 35.9 Å². The van der Waals surface area contributed by atoms with Crippen LogP contribution in [0.4, 0.5) is 10.1 Å². The van der Waals surface area contributed by atoms with E-state index in [0.29, 0.717) is 16.8 Å². The van der Waals surface area contributed by atoms with Gasteiger partial charge in [0.15, 0.2) is 0 Å². The Morgan fingerprint density at radius 1 is 1.17 bits per heavy atom. The zero-order chi connectivity index (χ0) is 17.0. The first-order valence-electron chi connectivity index (χ1n) is 7.01. The van der Waals surface area contributed by atoms with E-state index in [0.717, 1.165) is 10.5 Å². The molecular weight excluding hydrogens is 333 g/mol. The normalized spacial score (nSPS) is 11.9. The Balaban J connectivity index is 2.38. The lowest BCUT2D eigenvalue weighted by molar-refractivity contribution is -0.112. The summed E-state index contributed by atoms with van der Waals surface area (Å²) in [6.45, 7) is 3.69. The minimum atomic E-state index is -0.486. The van der Waals surface area contributed by atoms with Gasteiger partial charge in [0.05, 0.1) is 5.02 Å². The lowest BCUT2D eigenvalue weighted by Gasteiger charge is -2.13. The zero-order valence-corrected chi connectivity index (χ0v) is 14.7. The molecule has 0 aromatic heterocycles. The summed E-state index contributed by atoms with van der Waals surface area (Å²) in [7, 11) is 0. The minimum Gasteiger partial charge on any atom is -0.322 e. The van der Waals surface area contributed by atoms with E-state index in [2.05, 4.69) is 5.32 Å². The topological polar surface area (TPSA) is 29.1 Å². The Bertz CT molecular complexity index is 773. The van der Waals surface area contributed by atoms with Crippen molar-refractivity contribution in [3.05, 3.63) is 63.8 Å². The molecule has 0 aliphatic heterocycles. The predicted octanol–water partition coefficient (Wildman–Crippen LogP) is 5.74. The summed E-state index contributed by atoms with van der Waals surface area (Å²) >= 11 is 7.26. The summed E-state index contributed by atoms with van der Waals surface area (Å²) in [4.78, 5) is 13.3. The van der Waals surface area contributed by atoms with E-state index >= 15 is 0 Å². The number of anilines is 1. The van der Waals surface area contributed by atoms with Crippen molar-refractivity contribution in [3.63, 3.8) is 0 Å². The number of hydrogen-bond donors (Lipinski definition) is 1. The Labute approximate surface area is 144 Å². The lowest BCUT2D eigenvalue weighted by Crippen LogP contribution is -2.14. The molecule has 2 aromatic carbocycles. The number of thioether (sulfide) groups is 1. The number of nitrogens with one attached hydrogen (secondary N) is 1. The minimum absolute atomic E-state index is 0.0737. The van der Waals surface area contributed by atoms with Crippen molar-refractivity contribution in [3.8, 4) is 11.1 Å². The summed E-state index contributed by atoms with van der Waals surface area (Å²) in [5, 5.41) is 2.97. The molecule has 120 valence electrons. The largest absolute Gasteiger partial charge is 0.322 e. The van der Waals surface area contributed by atoms with Gasteiger partial charge >= 0.3 is 0 Å². The van der Waals surface area contributed by atoms with Gasteiger partial charge < -0.3 is 5.32 Å². The van der Waals surface area contributed by atoms with E-state index in [1.165, 1.54) is 23.9 Å². The molecule has 23 heavy (non-hydrogen) atoms. The maximum Gasteiger partial charge on any atom is 0.252 e. The highest BCUT2D eigenvalue weighted by Crippen LogP contribution is 2.30. The van der Waals surface area contributed by atoms with Crippen LogP contribution in [0.1, 0.15) is 13.8 Å². The number of rotatable bonds is 4. The molecule has 1 N–H and O–H groups in total. The van der Waals surface area contributed by atoms with Gasteiger partial charge in [-0.05, 0) is 48.8 Å². The zero-order valence-electron chi connectivity index (χ0n) is 13.1. The van der Waals surface area contributed by atoms with E-state index in [1.807, 2.05) is 31.4 Å². The number of halogens is 2. The highest BCUT2D eigenvalue weighted by atomic mass is 35.5. The van der Waals surface area contributed by atoms with Crippen LogP contribution in [0.15, 0.2) is 52.9 Å². The molecule has 0 atom stereocenters. The molecule has 0 unspecified atom stereocenters. The van der Waals surface area contributed by atoms with Crippen LogP contribution in [0.5, 0.6) is 0 Å². The fourth-order valence-corrected chi connectivity index (χ4v) is 2.55. The van der Waals surface area contributed by atoms with Crippen molar-refractivity contribution in [1.82, 2.24) is 0 Å². The van der Waals surface area contributed by atoms with E-state index in [1.54, 1.807) is 19.1 Å². The summed E-state index contributed by atoms with van der Waals surface area (Å²) < 4.78 is 13.7. The Morgan fingerprint density at radius 2 is 1.87 bits per heavy atom. The van der Waals surface area contributed by atoms with Gasteiger partial charge in [-0.15, -0.1) is 11.8 Å². The monoisotopic (exact) mass is 349 g/mol. The number of carbonyl (C=O) groups is 1. The van der Waals surface area contributed by atoms with Gasteiger partial charge in [0.2, 0.25) is 0 Å². The lowest BCUT2D eigenvalue weighted by atomic mass is 10.0. The van der Waals surface area contributed by atoms with Crippen LogP contribution in [-0.4, -0.2) is 12.2 Å². The molecule has 5 heteroatoms. The molecule has 0 saturated carbocycles. The summed E-state index contributed by atoms with van der Waals surface area (Å²) in [6.07, 6.45) is 1.93. The molecule has 2 nitrogen and oxygen atoms in total. The van der Waals surface area contributed by atoms with Crippen molar-refractivity contribution in [2.75, 3.05) is 11.6 Å². The number of allylic oxidation sites excluding steroid dienone is 1. The van der Waals surface area contributed by atoms with E-state index in [9.17, 15) is 9.18 Å². The van der Waals surface area contributed by atoms with Crippen LogP contribution >= 0.6 is 23.4 Å². The van der Waals surface area contributed by atoms with Gasteiger partial charge in [0.25, 0.3) is 5.91 Å². The van der Waals surface area contributed by atoms with Gasteiger partial charge in [0.1, 0.15) is 5.82 Å². The van der Waals surface area contributed by atoms with Gasteiger partial charge in [-0.2, -0.15) is 0 Å². The first-order chi connectivity index (χ1) is 10.9. The SMILES string of the molecule is CS/C(C)=C(\C)C(=O)Nc1ccccc1-c1ccc(Cl)c(F)c1. The first-order valence-corrected chi connectivity index (χ1v) is 8.61. The molecule has 0 radical (unpaired) electrons. The number of amides is 1. The van der Waals surface area contributed by atoms with Crippen LogP contribution in [0.25, 0.3) is 11.1 Å². The number of benzene rings is 2. The maximum atomic E-state index is 13.7. The van der Waals surface area contributed by atoms with Crippen LogP contribution in [-0.2, 0) is 4.79 Å². The first kappa shape index (κ1) is 17.6. The van der Waals surface area contributed by atoms with Crippen LogP contribution < -0.4 is 5.32 Å². The smallest absolute Gasteiger partial charge is 0.252 e. The van der Waals surface area contributed by atoms with Gasteiger partial charge in [-0.3, -0.25) is 4.79 Å². The number of hydrogen-bond acceptors (Lipinski definition) is 2. The highest BCUT2D eigenvalue weighted by molar-refractivity contribution is 8.02. The van der Waals surface area contributed by atoms with Crippen LogP contribution in [0.3, 0.4) is 0 Å². The molecule has 0 spiro atoms. The fraction of sp³-hybridized carbons (Fsp3) is 0.167. The summed E-state index contributed by atoms with van der Waals surface area (Å²) in [5.74, 6) is -0.654. The average Bonchev–Trinajstić information content (AvgIpc) is 2.56. The van der Waals surface area contributed by atoms with Crippen molar-refractivity contribution < 1.29 is 9.18 Å². The van der Waals surface area contributed by atoms with Crippen molar-refractivity contribution >= 4 is 35.0 Å². The molecule has 0 fully saturated rings. The molecule has 0 heterocycles. The second-order valence-corrected chi connectivity index (χ2v) is 6.44. The van der Waals surface area contributed by atoms with Crippen molar-refractivity contribution in [1.29, 1.82) is 0 Å². The van der Waals surface area contributed by atoms with Crippen LogP contribution in [0.2, 0.25) is 5.02 Å². The second kappa shape index (κ2) is 7.66. The predicted molar refractivity (Wildman–Crippen MR) is 97.4 cm³/mol. The average molecular weight is 350 g/mol. The number of carbonyl (C=O) groups excluding carboxylic acids is 1. The molecular formula is C18H17ClFNOS. The third kappa shape index (κ3) is 4.15.